The van der Waals surface area contributed by atoms with Crippen molar-refractivity contribution in [1.82, 2.24) is 4.90 Å². The van der Waals surface area contributed by atoms with E-state index < -0.39 is 12.1 Å². The highest BCUT2D eigenvalue weighted by Gasteiger charge is 2.36. The maximum atomic E-state index is 11.8. The van der Waals surface area contributed by atoms with Crippen LogP contribution in [0, 0.1) is 0 Å². The lowest BCUT2D eigenvalue weighted by Crippen LogP contribution is -2.36. The van der Waals surface area contributed by atoms with Crippen molar-refractivity contribution in [2.24, 2.45) is 0 Å². The number of likely N-dealkylation sites (tertiary alicyclic amines) is 1. The van der Waals surface area contributed by atoms with Gasteiger partial charge in [-0.3, -0.25) is 9.69 Å². The number of β-amino-alcohol motifs (C(OH)–C–C–N with tert-alkyl or cyclic N) is 1. The normalized spacial score (nSPS) is 22.8. The molecule has 2 rings (SSSR count). The van der Waals surface area contributed by atoms with Gasteiger partial charge in [0.15, 0.2) is 0 Å². The van der Waals surface area contributed by atoms with Crippen LogP contribution in [0.4, 0.5) is 0 Å². The van der Waals surface area contributed by atoms with Crippen LogP contribution in [-0.2, 0) is 16.1 Å². The molecule has 6 heteroatoms. The van der Waals surface area contributed by atoms with Crippen molar-refractivity contribution >= 4 is 21.9 Å². The number of carbonyl (C=O) groups excluding carboxylic acids is 1. The lowest BCUT2D eigenvalue weighted by Gasteiger charge is -2.22. The first-order chi connectivity index (χ1) is 9.55. The third-order valence-corrected chi connectivity index (χ3v) is 4.25. The molecule has 1 aromatic carbocycles. The van der Waals surface area contributed by atoms with E-state index in [0.717, 1.165) is 15.8 Å². The molecule has 1 heterocycles. The van der Waals surface area contributed by atoms with Gasteiger partial charge >= 0.3 is 5.97 Å². The second kappa shape index (κ2) is 6.56. The Morgan fingerprint density at radius 2 is 2.25 bits per heavy atom. The summed E-state index contributed by atoms with van der Waals surface area (Å²) in [5.74, 6) is 0.457. The van der Waals surface area contributed by atoms with Crippen molar-refractivity contribution in [1.29, 1.82) is 0 Å². The fourth-order valence-electron chi connectivity index (χ4n) is 2.45. The summed E-state index contributed by atoms with van der Waals surface area (Å²) < 4.78 is 11.0. The van der Waals surface area contributed by atoms with Crippen molar-refractivity contribution in [2.75, 3.05) is 20.8 Å². The molecular weight excluding hydrogens is 326 g/mol. The summed E-state index contributed by atoms with van der Waals surface area (Å²) in [4.78, 5) is 13.7. The third-order valence-electron chi connectivity index (χ3n) is 3.48. The van der Waals surface area contributed by atoms with Gasteiger partial charge in [-0.1, -0.05) is 15.9 Å². The first-order valence-electron chi connectivity index (χ1n) is 6.37. The topological polar surface area (TPSA) is 59.0 Å². The number of methoxy groups -OCH3 is 2. The highest BCUT2D eigenvalue weighted by molar-refractivity contribution is 9.10. The molecule has 2 unspecified atom stereocenters. The average Bonchev–Trinajstić information content (AvgIpc) is 2.81. The first-order valence-corrected chi connectivity index (χ1v) is 7.16. The lowest BCUT2D eigenvalue weighted by molar-refractivity contribution is -0.146. The van der Waals surface area contributed by atoms with Gasteiger partial charge in [0.2, 0.25) is 0 Å². The Morgan fingerprint density at radius 3 is 2.90 bits per heavy atom. The van der Waals surface area contributed by atoms with Crippen LogP contribution in [0.2, 0.25) is 0 Å². The average molecular weight is 344 g/mol. The summed E-state index contributed by atoms with van der Waals surface area (Å²) in [7, 11) is 2.98. The van der Waals surface area contributed by atoms with E-state index in [-0.39, 0.29) is 5.97 Å². The number of aliphatic hydroxyl groups excluding tert-OH is 1. The Bertz CT molecular complexity index is 494. The molecule has 0 spiro atoms. The summed E-state index contributed by atoms with van der Waals surface area (Å²) in [6, 6.07) is 5.30. The SMILES string of the molecule is COC(=O)C1CC(O)CN1Cc1cc(OC)ccc1Br. The zero-order valence-corrected chi connectivity index (χ0v) is 13.1. The van der Waals surface area contributed by atoms with Gasteiger partial charge in [0.25, 0.3) is 0 Å². The van der Waals surface area contributed by atoms with E-state index in [0.29, 0.717) is 19.5 Å². The van der Waals surface area contributed by atoms with E-state index in [1.807, 2.05) is 23.1 Å². The highest BCUT2D eigenvalue weighted by Crippen LogP contribution is 2.27. The minimum Gasteiger partial charge on any atom is -0.497 e. The number of carbonyl (C=O) groups is 1. The molecule has 1 saturated heterocycles. The Morgan fingerprint density at radius 1 is 1.50 bits per heavy atom. The number of aliphatic hydroxyl groups is 1. The van der Waals surface area contributed by atoms with Crippen LogP contribution in [-0.4, -0.2) is 48.9 Å². The number of rotatable bonds is 4. The summed E-state index contributed by atoms with van der Waals surface area (Å²) in [5, 5.41) is 9.78. The van der Waals surface area contributed by atoms with Gasteiger partial charge in [-0.15, -0.1) is 0 Å². The first kappa shape index (κ1) is 15.3. The zero-order valence-electron chi connectivity index (χ0n) is 11.5. The van der Waals surface area contributed by atoms with Crippen molar-refractivity contribution in [3.63, 3.8) is 0 Å². The number of ether oxygens (including phenoxy) is 2. The fraction of sp³-hybridized carbons (Fsp3) is 0.500. The number of nitrogens with zero attached hydrogens (tertiary/aromatic N) is 1. The maximum Gasteiger partial charge on any atom is 0.323 e. The molecule has 1 fully saturated rings. The molecule has 2 atom stereocenters. The number of benzene rings is 1. The van der Waals surface area contributed by atoms with Gasteiger partial charge in [-0.05, 0) is 23.8 Å². The lowest BCUT2D eigenvalue weighted by atomic mass is 10.1. The van der Waals surface area contributed by atoms with Crippen LogP contribution < -0.4 is 4.74 Å². The smallest absolute Gasteiger partial charge is 0.323 e. The van der Waals surface area contributed by atoms with E-state index in [1.54, 1.807) is 7.11 Å². The summed E-state index contributed by atoms with van der Waals surface area (Å²) >= 11 is 3.50. The van der Waals surface area contributed by atoms with Gasteiger partial charge in [-0.25, -0.2) is 0 Å². The molecule has 0 saturated carbocycles. The molecule has 0 aromatic heterocycles. The molecule has 20 heavy (non-hydrogen) atoms. The van der Waals surface area contributed by atoms with E-state index in [4.69, 9.17) is 9.47 Å². The van der Waals surface area contributed by atoms with Crippen molar-refractivity contribution in [3.8, 4) is 5.75 Å². The highest BCUT2D eigenvalue weighted by atomic mass is 79.9. The van der Waals surface area contributed by atoms with Crippen molar-refractivity contribution in [2.45, 2.75) is 25.1 Å². The minimum absolute atomic E-state index is 0.305. The van der Waals surface area contributed by atoms with Crippen LogP contribution in [0.1, 0.15) is 12.0 Å². The summed E-state index contributed by atoms with van der Waals surface area (Å²) in [6.45, 7) is 1.01. The predicted octanol–water partition coefficient (Wildman–Crippen LogP) is 1.57. The van der Waals surface area contributed by atoms with Crippen LogP contribution in [0.25, 0.3) is 0 Å². The number of hydrogen-bond donors (Lipinski definition) is 1. The maximum absolute atomic E-state index is 11.8. The molecule has 0 bridgehead atoms. The van der Waals surface area contributed by atoms with Gasteiger partial charge in [0, 0.05) is 24.0 Å². The quantitative estimate of drug-likeness (QED) is 0.841. The standard InChI is InChI=1S/C14H18BrNO4/c1-19-11-3-4-12(15)9(5-11)7-16-8-10(17)6-13(16)14(18)20-2/h3-5,10,13,17H,6-8H2,1-2H3. The molecule has 110 valence electrons. The monoisotopic (exact) mass is 343 g/mol. The van der Waals surface area contributed by atoms with Crippen LogP contribution in [0.5, 0.6) is 5.75 Å². The number of hydrogen-bond acceptors (Lipinski definition) is 5. The Hall–Kier alpha value is -1.11. The van der Waals surface area contributed by atoms with E-state index in [9.17, 15) is 9.90 Å². The Kier molecular flexibility index (Phi) is 5.01. The Labute approximate surface area is 126 Å². The fourth-order valence-corrected chi connectivity index (χ4v) is 2.83. The molecule has 0 radical (unpaired) electrons. The minimum atomic E-state index is -0.497. The molecule has 1 aliphatic heterocycles. The van der Waals surface area contributed by atoms with Crippen LogP contribution in [0.15, 0.2) is 22.7 Å². The van der Waals surface area contributed by atoms with E-state index in [2.05, 4.69) is 15.9 Å². The molecule has 5 nitrogen and oxygen atoms in total. The Balaban J connectivity index is 2.17. The second-order valence-electron chi connectivity index (χ2n) is 4.82. The predicted molar refractivity (Wildman–Crippen MR) is 77.5 cm³/mol. The molecule has 1 aromatic rings. The van der Waals surface area contributed by atoms with Crippen molar-refractivity contribution < 1.29 is 19.4 Å². The van der Waals surface area contributed by atoms with E-state index in [1.165, 1.54) is 7.11 Å². The molecule has 1 aliphatic rings. The number of esters is 1. The van der Waals surface area contributed by atoms with Gasteiger partial charge in [0.05, 0.1) is 20.3 Å². The molecule has 1 N–H and O–H groups in total. The van der Waals surface area contributed by atoms with Gasteiger partial charge in [-0.2, -0.15) is 0 Å². The second-order valence-corrected chi connectivity index (χ2v) is 5.67. The van der Waals surface area contributed by atoms with Crippen molar-refractivity contribution in [3.05, 3.63) is 28.2 Å². The van der Waals surface area contributed by atoms with Crippen LogP contribution >= 0.6 is 15.9 Å². The van der Waals surface area contributed by atoms with Crippen LogP contribution in [0.3, 0.4) is 0 Å². The zero-order chi connectivity index (χ0) is 14.7. The summed E-state index contributed by atoms with van der Waals surface area (Å²) in [6.07, 6.45) is -0.0858. The largest absolute Gasteiger partial charge is 0.497 e. The van der Waals surface area contributed by atoms with Gasteiger partial charge in [0.1, 0.15) is 11.8 Å². The molecule has 0 aliphatic carbocycles. The van der Waals surface area contributed by atoms with Gasteiger partial charge < -0.3 is 14.6 Å². The van der Waals surface area contributed by atoms with E-state index >= 15 is 0 Å². The third kappa shape index (κ3) is 3.31. The summed E-state index contributed by atoms with van der Waals surface area (Å²) in [5.41, 5.74) is 1.01. The molecule has 0 amide bonds. The molecular formula is C14H18BrNO4. The number of halogens is 1.